The summed E-state index contributed by atoms with van der Waals surface area (Å²) in [4.78, 5) is 0.274. The van der Waals surface area contributed by atoms with Gasteiger partial charge in [-0.15, -0.1) is 0 Å². The number of aliphatic hydroxyl groups is 1. The first kappa shape index (κ1) is 16.4. The molecule has 0 spiro atoms. The molecule has 2 unspecified atom stereocenters. The molecule has 1 aliphatic rings. The third-order valence-corrected chi connectivity index (χ3v) is 5.39. The monoisotopic (exact) mass is 313 g/mol. The van der Waals surface area contributed by atoms with Crippen molar-refractivity contribution in [3.05, 3.63) is 29.3 Å². The highest BCUT2D eigenvalue weighted by molar-refractivity contribution is 7.89. The molecule has 2 N–H and O–H groups in total. The fourth-order valence-electron chi connectivity index (χ4n) is 2.63. The van der Waals surface area contributed by atoms with Crippen molar-refractivity contribution in [2.24, 2.45) is 0 Å². The van der Waals surface area contributed by atoms with Gasteiger partial charge in [-0.3, -0.25) is 0 Å². The summed E-state index contributed by atoms with van der Waals surface area (Å²) in [5.74, 6) is 0. The average Bonchev–Trinajstić information content (AvgIpc) is 2.46. The van der Waals surface area contributed by atoms with Crippen molar-refractivity contribution in [2.45, 2.75) is 56.8 Å². The van der Waals surface area contributed by atoms with Gasteiger partial charge in [0.25, 0.3) is 0 Å². The van der Waals surface area contributed by atoms with Gasteiger partial charge in [-0.1, -0.05) is 19.1 Å². The molecule has 1 heterocycles. The first-order chi connectivity index (χ1) is 9.96. The van der Waals surface area contributed by atoms with Crippen LogP contribution in [0.3, 0.4) is 0 Å². The second kappa shape index (κ2) is 6.87. The van der Waals surface area contributed by atoms with E-state index in [1.165, 1.54) is 0 Å². The van der Waals surface area contributed by atoms with Gasteiger partial charge < -0.3 is 9.84 Å². The van der Waals surface area contributed by atoms with Gasteiger partial charge in [0.2, 0.25) is 10.0 Å². The number of ether oxygens (including phenoxy) is 1. The van der Waals surface area contributed by atoms with Crippen LogP contribution in [-0.2, 0) is 27.8 Å². The number of rotatable bonds is 5. The molecular weight excluding hydrogens is 290 g/mol. The average molecular weight is 313 g/mol. The maximum absolute atomic E-state index is 12.6. The fraction of sp³-hybridized carbons (Fsp3) is 0.600. The van der Waals surface area contributed by atoms with Crippen molar-refractivity contribution in [3.8, 4) is 0 Å². The molecule has 0 amide bonds. The molecule has 0 aromatic heterocycles. The number of sulfonamides is 1. The second-order valence-corrected chi connectivity index (χ2v) is 7.16. The summed E-state index contributed by atoms with van der Waals surface area (Å²) in [5, 5.41) is 9.22. The number of hydrogen-bond donors (Lipinski definition) is 2. The van der Waals surface area contributed by atoms with Crippen LogP contribution in [-0.4, -0.2) is 32.3 Å². The Bertz CT molecular complexity index is 585. The van der Waals surface area contributed by atoms with E-state index in [1.807, 2.05) is 13.8 Å². The van der Waals surface area contributed by atoms with Crippen LogP contribution in [0, 0.1) is 0 Å². The van der Waals surface area contributed by atoms with E-state index < -0.39 is 10.0 Å². The van der Waals surface area contributed by atoms with Crippen LogP contribution in [0.2, 0.25) is 0 Å². The Hall–Kier alpha value is -0.950. The molecular formula is C15H23NO4S. The lowest BCUT2D eigenvalue weighted by molar-refractivity contribution is 0.0173. The summed E-state index contributed by atoms with van der Waals surface area (Å²) in [5.41, 5.74) is 1.37. The van der Waals surface area contributed by atoms with Gasteiger partial charge in [0.1, 0.15) is 0 Å². The standard InChI is InChI=1S/C15H23NO4S/c1-3-13-5-4-12(10-17)9-15(13)21(18,19)16-14-6-7-20-11(2)8-14/h4-5,9,11,14,16-17H,3,6-8,10H2,1-2H3. The molecule has 0 aliphatic carbocycles. The summed E-state index contributed by atoms with van der Waals surface area (Å²) < 4.78 is 33.5. The number of aryl methyl sites for hydroxylation is 1. The molecule has 2 atom stereocenters. The van der Waals surface area contributed by atoms with Crippen molar-refractivity contribution in [1.29, 1.82) is 0 Å². The minimum atomic E-state index is -3.58. The zero-order chi connectivity index (χ0) is 15.5. The molecule has 0 saturated carbocycles. The zero-order valence-corrected chi connectivity index (χ0v) is 13.3. The summed E-state index contributed by atoms with van der Waals surface area (Å²) in [6.07, 6.45) is 2.07. The Morgan fingerprint density at radius 2 is 2.19 bits per heavy atom. The van der Waals surface area contributed by atoms with E-state index in [-0.39, 0.29) is 23.6 Å². The van der Waals surface area contributed by atoms with Crippen molar-refractivity contribution < 1.29 is 18.3 Å². The number of hydrogen-bond acceptors (Lipinski definition) is 4. The van der Waals surface area contributed by atoms with Gasteiger partial charge in [0.15, 0.2) is 0 Å². The van der Waals surface area contributed by atoms with Crippen LogP contribution in [0.15, 0.2) is 23.1 Å². The van der Waals surface area contributed by atoms with Crippen LogP contribution in [0.4, 0.5) is 0 Å². The molecule has 1 saturated heterocycles. The minimum absolute atomic E-state index is 0.0703. The topological polar surface area (TPSA) is 75.6 Å². The molecule has 21 heavy (non-hydrogen) atoms. The van der Waals surface area contributed by atoms with Crippen molar-refractivity contribution in [1.82, 2.24) is 4.72 Å². The van der Waals surface area contributed by atoms with Crippen molar-refractivity contribution in [3.63, 3.8) is 0 Å². The third kappa shape index (κ3) is 4.03. The highest BCUT2D eigenvalue weighted by Crippen LogP contribution is 2.21. The van der Waals surface area contributed by atoms with Crippen LogP contribution in [0.25, 0.3) is 0 Å². The van der Waals surface area contributed by atoms with Crippen LogP contribution in [0.1, 0.15) is 37.8 Å². The lowest BCUT2D eigenvalue weighted by atomic mass is 10.1. The van der Waals surface area contributed by atoms with E-state index in [0.29, 0.717) is 31.4 Å². The largest absolute Gasteiger partial charge is 0.392 e. The fourth-order valence-corrected chi connectivity index (χ4v) is 4.27. The quantitative estimate of drug-likeness (QED) is 0.865. The first-order valence-electron chi connectivity index (χ1n) is 7.33. The Labute approximate surface area is 126 Å². The maximum Gasteiger partial charge on any atom is 0.241 e. The Kier molecular flexibility index (Phi) is 5.37. The van der Waals surface area contributed by atoms with Crippen molar-refractivity contribution in [2.75, 3.05) is 6.61 Å². The van der Waals surface area contributed by atoms with Gasteiger partial charge in [0, 0.05) is 12.6 Å². The highest BCUT2D eigenvalue weighted by Gasteiger charge is 2.26. The molecule has 1 aromatic rings. The molecule has 1 fully saturated rings. The summed E-state index contributed by atoms with van der Waals surface area (Å²) in [6, 6.07) is 4.99. The van der Waals surface area contributed by atoms with Crippen molar-refractivity contribution >= 4 is 10.0 Å². The van der Waals surface area contributed by atoms with Gasteiger partial charge in [-0.25, -0.2) is 13.1 Å². The lowest BCUT2D eigenvalue weighted by Gasteiger charge is -2.28. The molecule has 0 radical (unpaired) electrons. The smallest absolute Gasteiger partial charge is 0.241 e. The number of benzene rings is 1. The predicted octanol–water partition coefficient (Wildman–Crippen LogP) is 1.59. The van der Waals surface area contributed by atoms with Gasteiger partial charge in [-0.05, 0) is 43.4 Å². The Balaban J connectivity index is 2.26. The SMILES string of the molecule is CCc1ccc(CO)cc1S(=O)(=O)NC1CCOC(C)C1. The third-order valence-electron chi connectivity index (χ3n) is 3.79. The lowest BCUT2D eigenvalue weighted by Crippen LogP contribution is -2.41. The number of aliphatic hydroxyl groups excluding tert-OH is 1. The van der Waals surface area contributed by atoms with E-state index in [2.05, 4.69) is 4.72 Å². The summed E-state index contributed by atoms with van der Waals surface area (Å²) in [7, 11) is -3.58. The molecule has 6 heteroatoms. The van der Waals surface area contributed by atoms with Gasteiger partial charge >= 0.3 is 0 Å². The molecule has 5 nitrogen and oxygen atoms in total. The van der Waals surface area contributed by atoms with Gasteiger partial charge in [0.05, 0.1) is 17.6 Å². The van der Waals surface area contributed by atoms with E-state index in [1.54, 1.807) is 18.2 Å². The zero-order valence-electron chi connectivity index (χ0n) is 12.5. The molecule has 1 aliphatic heterocycles. The molecule has 0 bridgehead atoms. The maximum atomic E-state index is 12.6. The Morgan fingerprint density at radius 3 is 2.81 bits per heavy atom. The van der Waals surface area contributed by atoms with E-state index in [0.717, 1.165) is 5.56 Å². The van der Waals surface area contributed by atoms with Crippen LogP contribution >= 0.6 is 0 Å². The second-order valence-electron chi connectivity index (χ2n) is 5.48. The summed E-state index contributed by atoms with van der Waals surface area (Å²) in [6.45, 7) is 4.28. The molecule has 2 rings (SSSR count). The van der Waals surface area contributed by atoms with E-state index in [9.17, 15) is 13.5 Å². The molecule has 1 aromatic carbocycles. The minimum Gasteiger partial charge on any atom is -0.392 e. The van der Waals surface area contributed by atoms with E-state index in [4.69, 9.17) is 4.74 Å². The Morgan fingerprint density at radius 1 is 1.43 bits per heavy atom. The van der Waals surface area contributed by atoms with Crippen LogP contribution < -0.4 is 4.72 Å². The summed E-state index contributed by atoms with van der Waals surface area (Å²) >= 11 is 0. The highest BCUT2D eigenvalue weighted by atomic mass is 32.2. The normalized spacial score (nSPS) is 23.2. The predicted molar refractivity (Wildman–Crippen MR) is 80.5 cm³/mol. The first-order valence-corrected chi connectivity index (χ1v) is 8.81. The number of nitrogens with one attached hydrogen (secondary N) is 1. The van der Waals surface area contributed by atoms with Crippen LogP contribution in [0.5, 0.6) is 0 Å². The molecule has 118 valence electrons. The van der Waals surface area contributed by atoms with E-state index >= 15 is 0 Å². The van der Waals surface area contributed by atoms with Gasteiger partial charge in [-0.2, -0.15) is 0 Å².